The lowest BCUT2D eigenvalue weighted by Gasteiger charge is -2.22. The van der Waals surface area contributed by atoms with Gasteiger partial charge < -0.3 is 4.89 Å². The summed E-state index contributed by atoms with van der Waals surface area (Å²) in [6, 6.07) is 17.3. The van der Waals surface area contributed by atoms with Crippen molar-refractivity contribution in [2.45, 2.75) is 32.6 Å². The van der Waals surface area contributed by atoms with Crippen molar-refractivity contribution < 1.29 is 28.4 Å². The molecule has 0 radical (unpaired) electrons. The zero-order valence-corrected chi connectivity index (χ0v) is 18.2. The zero-order chi connectivity index (χ0) is 22.4. The molecule has 8 heteroatoms. The van der Waals surface area contributed by atoms with Gasteiger partial charge in [0.05, 0.1) is 6.61 Å². The van der Waals surface area contributed by atoms with Gasteiger partial charge in [-0.1, -0.05) is 60.2 Å². The van der Waals surface area contributed by atoms with Crippen molar-refractivity contribution in [1.29, 1.82) is 0 Å². The monoisotopic (exact) mass is 433 g/mol. The molecule has 0 aliphatic rings. The highest BCUT2D eigenvalue weighted by Crippen LogP contribution is 2.45. The van der Waals surface area contributed by atoms with E-state index in [1.54, 1.807) is 7.05 Å². The van der Waals surface area contributed by atoms with Crippen LogP contribution in [0.25, 0.3) is 0 Å². The minimum atomic E-state index is -3.80. The first-order valence-corrected chi connectivity index (χ1v) is 11.1. The summed E-state index contributed by atoms with van der Waals surface area (Å²) in [4.78, 5) is 38.4. The molecular formula is C22H28NO6P. The van der Waals surface area contributed by atoms with Gasteiger partial charge >= 0.3 is 13.9 Å². The van der Waals surface area contributed by atoms with Gasteiger partial charge in [-0.25, -0.2) is 9.24 Å². The number of Topliss-reactive ketones (excluding diaryl/α,β-unsaturated/α-hetero) is 1. The lowest BCUT2D eigenvalue weighted by Crippen LogP contribution is -2.19. The molecule has 7 nitrogen and oxygen atoms in total. The topological polar surface area (TPSA) is 101 Å². The van der Waals surface area contributed by atoms with E-state index in [1.807, 2.05) is 61.5 Å². The zero-order valence-electron chi connectivity index (χ0n) is 17.3. The number of likely N-dealkylation sites (N-methyl/N-ethyl adjacent to an activating group) is 1. The fraction of sp³-hybridized carbons (Fsp3) is 0.364. The summed E-state index contributed by atoms with van der Waals surface area (Å²) < 4.78 is 18.8. The van der Waals surface area contributed by atoms with Gasteiger partial charge in [0.1, 0.15) is 0 Å². The van der Waals surface area contributed by atoms with Gasteiger partial charge in [0.25, 0.3) is 0 Å². The minimum Gasteiger partial charge on any atom is -0.312 e. The quantitative estimate of drug-likeness (QED) is 0.324. The molecule has 0 aliphatic carbocycles. The summed E-state index contributed by atoms with van der Waals surface area (Å²) in [6.07, 6.45) is 2.53. The maximum Gasteiger partial charge on any atom is 0.405 e. The number of hydrogen-bond acceptors (Lipinski definition) is 5. The van der Waals surface area contributed by atoms with Gasteiger partial charge in [-0.2, -0.15) is 9.59 Å². The molecule has 2 aromatic rings. The van der Waals surface area contributed by atoms with Crippen LogP contribution in [0.4, 0.5) is 0 Å². The second-order valence-electron chi connectivity index (χ2n) is 6.77. The maximum absolute atomic E-state index is 12.3. The van der Waals surface area contributed by atoms with Crippen LogP contribution in [0.2, 0.25) is 0 Å². The standard InChI is InChI=1S/C21H28NO4P.CO2/c1-18-11-13-20(14-12-18)21(23)10-6-7-17-26-27(24,25)22(2)16-15-19-8-4-3-5-9-19;2-1-3/h3-5,8-9,11-14H,6-7,10,15-17H2,1-2H3,(H,24,25);. The Morgan fingerprint density at radius 3 is 2.27 bits per heavy atom. The Bertz CT molecular complexity index is 848. The van der Waals surface area contributed by atoms with Crippen LogP contribution in [-0.2, 0) is 25.1 Å². The van der Waals surface area contributed by atoms with Gasteiger partial charge in [0, 0.05) is 18.5 Å². The van der Waals surface area contributed by atoms with Crippen molar-refractivity contribution in [2.75, 3.05) is 20.2 Å². The van der Waals surface area contributed by atoms with Crippen LogP contribution < -0.4 is 0 Å². The molecule has 0 saturated heterocycles. The molecule has 2 aromatic carbocycles. The third kappa shape index (κ3) is 9.88. The average molecular weight is 433 g/mol. The Balaban J connectivity index is 0.00000141. The molecule has 30 heavy (non-hydrogen) atoms. The number of ketones is 1. The Morgan fingerprint density at radius 2 is 1.67 bits per heavy atom. The lowest BCUT2D eigenvalue weighted by atomic mass is 10.0. The average Bonchev–Trinajstić information content (AvgIpc) is 2.73. The van der Waals surface area contributed by atoms with Crippen molar-refractivity contribution in [3.8, 4) is 0 Å². The molecule has 1 N–H and O–H groups in total. The third-order valence-electron chi connectivity index (χ3n) is 4.43. The van der Waals surface area contributed by atoms with Crippen molar-refractivity contribution in [2.24, 2.45) is 0 Å². The van der Waals surface area contributed by atoms with Crippen LogP contribution in [0.5, 0.6) is 0 Å². The summed E-state index contributed by atoms with van der Waals surface area (Å²) >= 11 is 0. The third-order valence-corrected chi connectivity index (χ3v) is 6.01. The first kappa shape index (κ1) is 25.6. The molecule has 162 valence electrons. The smallest absolute Gasteiger partial charge is 0.312 e. The van der Waals surface area contributed by atoms with Crippen LogP contribution >= 0.6 is 7.75 Å². The van der Waals surface area contributed by atoms with Crippen molar-refractivity contribution >= 4 is 19.7 Å². The van der Waals surface area contributed by atoms with E-state index in [0.29, 0.717) is 37.8 Å². The maximum atomic E-state index is 12.3. The largest absolute Gasteiger partial charge is 0.405 e. The number of hydrogen-bond donors (Lipinski definition) is 1. The molecule has 0 saturated carbocycles. The van der Waals surface area contributed by atoms with Gasteiger partial charge in [0.2, 0.25) is 0 Å². The van der Waals surface area contributed by atoms with E-state index in [9.17, 15) is 14.3 Å². The molecule has 2 rings (SSSR count). The van der Waals surface area contributed by atoms with E-state index in [4.69, 9.17) is 14.1 Å². The Kier molecular flexibility index (Phi) is 11.8. The van der Waals surface area contributed by atoms with E-state index in [0.717, 1.165) is 11.1 Å². The minimum absolute atomic E-state index is 0.0853. The molecule has 1 atom stereocenters. The molecule has 0 bridgehead atoms. The predicted octanol–water partition coefficient (Wildman–Crippen LogP) is 4.06. The predicted molar refractivity (Wildman–Crippen MR) is 113 cm³/mol. The Hall–Kier alpha value is -2.40. The molecule has 0 fully saturated rings. The van der Waals surface area contributed by atoms with Crippen LogP contribution in [-0.4, -0.2) is 41.7 Å². The first-order valence-electron chi connectivity index (χ1n) is 9.62. The van der Waals surface area contributed by atoms with Crippen molar-refractivity contribution in [1.82, 2.24) is 4.67 Å². The van der Waals surface area contributed by atoms with Crippen molar-refractivity contribution in [3.05, 3.63) is 71.3 Å². The SMILES string of the molecule is Cc1ccc(C(=O)CCCCOP(=O)(O)N(C)CCc2ccccc2)cc1.O=C=O. The summed E-state index contributed by atoms with van der Waals surface area (Å²) in [6.45, 7) is 2.57. The number of rotatable bonds is 11. The number of aryl methyl sites for hydroxylation is 1. The highest BCUT2D eigenvalue weighted by atomic mass is 31.2. The highest BCUT2D eigenvalue weighted by Gasteiger charge is 2.25. The summed E-state index contributed by atoms with van der Waals surface area (Å²) in [7, 11) is -2.21. The normalized spacial score (nSPS) is 12.4. The highest BCUT2D eigenvalue weighted by molar-refractivity contribution is 7.50. The number of unbranched alkanes of at least 4 members (excludes halogenated alkanes) is 1. The van der Waals surface area contributed by atoms with Gasteiger partial charge in [-0.3, -0.25) is 9.32 Å². The van der Waals surface area contributed by atoms with Crippen molar-refractivity contribution in [3.63, 3.8) is 0 Å². The summed E-state index contributed by atoms with van der Waals surface area (Å²) in [5.74, 6) is 0.0853. The van der Waals surface area contributed by atoms with Crippen LogP contribution in [0.1, 0.15) is 40.7 Å². The van der Waals surface area contributed by atoms with Gasteiger partial charge in [0.15, 0.2) is 5.78 Å². The number of carbonyl (C=O) groups is 1. The van der Waals surface area contributed by atoms with E-state index in [1.165, 1.54) is 4.67 Å². The molecule has 0 amide bonds. The van der Waals surface area contributed by atoms with Gasteiger partial charge in [-0.05, 0) is 38.8 Å². The number of benzene rings is 2. The molecule has 0 aliphatic heterocycles. The van der Waals surface area contributed by atoms with Gasteiger partial charge in [-0.15, -0.1) is 0 Å². The Labute approximate surface area is 177 Å². The fourth-order valence-corrected chi connectivity index (χ4v) is 3.53. The van der Waals surface area contributed by atoms with E-state index >= 15 is 0 Å². The number of carbonyl (C=O) groups excluding carboxylic acids is 3. The number of nitrogens with zero attached hydrogens (tertiary/aromatic N) is 1. The second kappa shape index (κ2) is 13.8. The second-order valence-corrected chi connectivity index (χ2v) is 8.69. The Morgan fingerprint density at radius 1 is 1.07 bits per heavy atom. The van der Waals surface area contributed by atoms with Crippen LogP contribution in [0, 0.1) is 6.92 Å². The van der Waals surface area contributed by atoms with Crippen LogP contribution in [0.3, 0.4) is 0 Å². The first-order chi connectivity index (χ1) is 14.3. The summed E-state index contributed by atoms with van der Waals surface area (Å²) in [5.41, 5.74) is 2.93. The van der Waals surface area contributed by atoms with E-state index in [-0.39, 0.29) is 18.5 Å². The molecule has 0 heterocycles. The molecule has 1 unspecified atom stereocenters. The molecular weight excluding hydrogens is 405 g/mol. The van der Waals surface area contributed by atoms with Crippen LogP contribution in [0.15, 0.2) is 54.6 Å². The fourth-order valence-electron chi connectivity index (χ4n) is 2.62. The molecule has 0 aromatic heterocycles. The molecule has 0 spiro atoms. The van der Waals surface area contributed by atoms with E-state index in [2.05, 4.69) is 0 Å². The summed E-state index contributed by atoms with van der Waals surface area (Å²) in [5, 5.41) is 0. The lowest BCUT2D eigenvalue weighted by molar-refractivity contribution is -0.191. The van der Waals surface area contributed by atoms with E-state index < -0.39 is 7.75 Å².